The number of urea groups is 1. The quantitative estimate of drug-likeness (QED) is 0.897. The van der Waals surface area contributed by atoms with Gasteiger partial charge in [0.05, 0.1) is 13.2 Å². The Morgan fingerprint density at radius 3 is 2.52 bits per heavy atom. The zero-order chi connectivity index (χ0) is 17.6. The highest BCUT2D eigenvalue weighted by Crippen LogP contribution is 2.22. The Kier molecular flexibility index (Phi) is 6.15. The smallest absolute Gasteiger partial charge is 0.317 e. The van der Waals surface area contributed by atoms with Crippen LogP contribution in [0.15, 0.2) is 18.2 Å². The van der Waals surface area contributed by atoms with Crippen molar-refractivity contribution >= 4 is 11.7 Å². The molecule has 25 heavy (non-hydrogen) atoms. The lowest BCUT2D eigenvalue weighted by molar-refractivity contribution is 0.0386. The summed E-state index contributed by atoms with van der Waals surface area (Å²) in [6, 6.07) is 6.63. The van der Waals surface area contributed by atoms with Gasteiger partial charge in [0.1, 0.15) is 0 Å². The molecule has 1 aromatic rings. The number of anilines is 1. The number of morpholine rings is 1. The summed E-state index contributed by atoms with van der Waals surface area (Å²) in [5, 5.41) is 3.06. The minimum atomic E-state index is 0.0638. The average molecular weight is 346 g/mol. The number of rotatable bonds is 4. The first kappa shape index (κ1) is 18.0. The van der Waals surface area contributed by atoms with E-state index in [1.807, 2.05) is 4.90 Å². The summed E-state index contributed by atoms with van der Waals surface area (Å²) in [6.45, 7) is 12.7. The first-order chi connectivity index (χ1) is 12.1. The zero-order valence-corrected chi connectivity index (χ0v) is 15.5. The number of piperazine rings is 1. The molecule has 1 aromatic carbocycles. The maximum atomic E-state index is 12.4. The van der Waals surface area contributed by atoms with Crippen LogP contribution in [0.25, 0.3) is 0 Å². The molecular weight excluding hydrogens is 316 g/mol. The average Bonchev–Trinajstić information content (AvgIpc) is 2.65. The number of nitrogens with one attached hydrogen (secondary N) is 1. The van der Waals surface area contributed by atoms with E-state index >= 15 is 0 Å². The van der Waals surface area contributed by atoms with Gasteiger partial charge in [0.2, 0.25) is 0 Å². The first-order valence-electron chi connectivity index (χ1n) is 9.28. The van der Waals surface area contributed by atoms with Gasteiger partial charge in [0, 0.05) is 58.0 Å². The van der Waals surface area contributed by atoms with E-state index in [4.69, 9.17) is 4.74 Å². The number of aryl methyl sites for hydroxylation is 2. The Balaban J connectivity index is 1.42. The second-order valence-electron chi connectivity index (χ2n) is 6.95. The molecule has 2 aliphatic rings. The third kappa shape index (κ3) is 4.86. The molecule has 0 bridgehead atoms. The first-order valence-corrected chi connectivity index (χ1v) is 9.28. The standard InChI is InChI=1S/C19H30N4O2/c1-16-3-4-17(2)18(15-16)22-7-9-23(10-8-22)19(24)20-5-6-21-11-13-25-14-12-21/h3-4,15H,5-14H2,1-2H3,(H,20,24). The third-order valence-corrected chi connectivity index (χ3v) is 5.08. The van der Waals surface area contributed by atoms with Crippen molar-refractivity contribution in [2.24, 2.45) is 0 Å². The van der Waals surface area contributed by atoms with E-state index in [9.17, 15) is 4.79 Å². The summed E-state index contributed by atoms with van der Waals surface area (Å²) in [4.78, 5) is 19.0. The molecule has 0 spiro atoms. The van der Waals surface area contributed by atoms with Gasteiger partial charge in [-0.1, -0.05) is 12.1 Å². The van der Waals surface area contributed by atoms with Gasteiger partial charge in [-0.2, -0.15) is 0 Å². The number of amides is 2. The molecule has 0 unspecified atom stereocenters. The molecule has 0 atom stereocenters. The Labute approximate surface area is 150 Å². The van der Waals surface area contributed by atoms with Crippen LogP contribution in [0.4, 0.5) is 10.5 Å². The van der Waals surface area contributed by atoms with Crippen LogP contribution in [0.1, 0.15) is 11.1 Å². The Morgan fingerprint density at radius 2 is 1.80 bits per heavy atom. The highest BCUT2D eigenvalue weighted by atomic mass is 16.5. The second-order valence-corrected chi connectivity index (χ2v) is 6.95. The van der Waals surface area contributed by atoms with Gasteiger partial charge in [-0.3, -0.25) is 4.90 Å². The molecule has 1 N–H and O–H groups in total. The van der Waals surface area contributed by atoms with E-state index < -0.39 is 0 Å². The third-order valence-electron chi connectivity index (χ3n) is 5.08. The molecule has 2 fully saturated rings. The highest BCUT2D eigenvalue weighted by molar-refractivity contribution is 5.74. The molecule has 2 heterocycles. The van der Waals surface area contributed by atoms with Crippen LogP contribution in [0.3, 0.4) is 0 Å². The van der Waals surface area contributed by atoms with Crippen molar-refractivity contribution < 1.29 is 9.53 Å². The van der Waals surface area contributed by atoms with Crippen LogP contribution >= 0.6 is 0 Å². The topological polar surface area (TPSA) is 48.0 Å². The summed E-state index contributed by atoms with van der Waals surface area (Å²) >= 11 is 0. The van der Waals surface area contributed by atoms with Gasteiger partial charge >= 0.3 is 6.03 Å². The number of ether oxygens (including phenoxy) is 1. The summed E-state index contributed by atoms with van der Waals surface area (Å²) in [5.74, 6) is 0. The Morgan fingerprint density at radius 1 is 1.08 bits per heavy atom. The van der Waals surface area contributed by atoms with Gasteiger partial charge in [-0.25, -0.2) is 4.79 Å². The molecule has 2 amide bonds. The van der Waals surface area contributed by atoms with E-state index in [2.05, 4.69) is 47.2 Å². The molecule has 6 heteroatoms. The molecular formula is C19H30N4O2. The number of carbonyl (C=O) groups excluding carboxylic acids is 1. The minimum absolute atomic E-state index is 0.0638. The number of hydrogen-bond donors (Lipinski definition) is 1. The second kappa shape index (κ2) is 8.54. The zero-order valence-electron chi connectivity index (χ0n) is 15.5. The van der Waals surface area contributed by atoms with Crippen LogP contribution in [0.2, 0.25) is 0 Å². The molecule has 0 radical (unpaired) electrons. The predicted molar refractivity (Wildman–Crippen MR) is 100 cm³/mol. The van der Waals surface area contributed by atoms with E-state index in [1.165, 1.54) is 16.8 Å². The monoisotopic (exact) mass is 346 g/mol. The number of nitrogens with zero attached hydrogens (tertiary/aromatic N) is 3. The molecule has 0 aliphatic carbocycles. The van der Waals surface area contributed by atoms with Crippen molar-refractivity contribution in [2.45, 2.75) is 13.8 Å². The fraction of sp³-hybridized carbons (Fsp3) is 0.632. The Bertz CT molecular complexity index is 579. The van der Waals surface area contributed by atoms with Gasteiger partial charge in [-0.15, -0.1) is 0 Å². The van der Waals surface area contributed by atoms with E-state index in [0.717, 1.165) is 59.0 Å². The van der Waals surface area contributed by atoms with Gasteiger partial charge < -0.3 is 19.9 Å². The number of hydrogen-bond acceptors (Lipinski definition) is 4. The SMILES string of the molecule is Cc1ccc(C)c(N2CCN(C(=O)NCCN3CCOCC3)CC2)c1. The van der Waals surface area contributed by atoms with E-state index in [1.54, 1.807) is 0 Å². The minimum Gasteiger partial charge on any atom is -0.379 e. The van der Waals surface area contributed by atoms with Gasteiger partial charge in [-0.05, 0) is 31.0 Å². The maximum absolute atomic E-state index is 12.4. The van der Waals surface area contributed by atoms with Crippen LogP contribution in [0.5, 0.6) is 0 Å². The van der Waals surface area contributed by atoms with Crippen molar-refractivity contribution in [3.63, 3.8) is 0 Å². The lowest BCUT2D eigenvalue weighted by Gasteiger charge is -2.37. The molecule has 138 valence electrons. The highest BCUT2D eigenvalue weighted by Gasteiger charge is 2.22. The van der Waals surface area contributed by atoms with Crippen LogP contribution in [-0.4, -0.2) is 81.4 Å². The summed E-state index contributed by atoms with van der Waals surface area (Å²) < 4.78 is 5.34. The molecule has 2 aliphatic heterocycles. The predicted octanol–water partition coefficient (Wildman–Crippen LogP) is 1.47. The molecule has 0 aromatic heterocycles. The van der Waals surface area contributed by atoms with Crippen molar-refractivity contribution in [2.75, 3.05) is 70.5 Å². The molecule has 3 rings (SSSR count). The normalized spacial score (nSPS) is 19.1. The van der Waals surface area contributed by atoms with Crippen molar-refractivity contribution in [3.05, 3.63) is 29.3 Å². The van der Waals surface area contributed by atoms with Crippen molar-refractivity contribution in [3.8, 4) is 0 Å². The summed E-state index contributed by atoms with van der Waals surface area (Å²) in [7, 11) is 0. The summed E-state index contributed by atoms with van der Waals surface area (Å²) in [5.41, 5.74) is 3.88. The Hall–Kier alpha value is -1.79. The summed E-state index contributed by atoms with van der Waals surface area (Å²) in [6.07, 6.45) is 0. The number of carbonyl (C=O) groups is 1. The lowest BCUT2D eigenvalue weighted by Crippen LogP contribution is -2.53. The molecule has 2 saturated heterocycles. The molecule has 6 nitrogen and oxygen atoms in total. The van der Waals surface area contributed by atoms with Crippen molar-refractivity contribution in [1.29, 1.82) is 0 Å². The van der Waals surface area contributed by atoms with Crippen LogP contribution < -0.4 is 10.2 Å². The van der Waals surface area contributed by atoms with Gasteiger partial charge in [0.15, 0.2) is 0 Å². The van der Waals surface area contributed by atoms with Crippen LogP contribution in [0, 0.1) is 13.8 Å². The largest absolute Gasteiger partial charge is 0.379 e. The maximum Gasteiger partial charge on any atom is 0.317 e. The lowest BCUT2D eigenvalue weighted by atomic mass is 10.1. The fourth-order valence-electron chi connectivity index (χ4n) is 3.47. The number of benzene rings is 1. The van der Waals surface area contributed by atoms with Crippen molar-refractivity contribution in [1.82, 2.24) is 15.1 Å². The van der Waals surface area contributed by atoms with Crippen LogP contribution in [-0.2, 0) is 4.74 Å². The van der Waals surface area contributed by atoms with E-state index in [0.29, 0.717) is 6.54 Å². The van der Waals surface area contributed by atoms with E-state index in [-0.39, 0.29) is 6.03 Å². The van der Waals surface area contributed by atoms with Gasteiger partial charge in [0.25, 0.3) is 0 Å². The fourth-order valence-corrected chi connectivity index (χ4v) is 3.47. The molecule has 0 saturated carbocycles.